The van der Waals surface area contributed by atoms with Gasteiger partial charge in [0.05, 0.1) is 0 Å². The van der Waals surface area contributed by atoms with Crippen LogP contribution in [0.3, 0.4) is 0 Å². The van der Waals surface area contributed by atoms with Crippen molar-refractivity contribution in [2.45, 2.75) is 18.9 Å². The minimum absolute atomic E-state index is 0.0519. The fourth-order valence-electron chi connectivity index (χ4n) is 2.25. The van der Waals surface area contributed by atoms with Gasteiger partial charge in [-0.1, -0.05) is 11.6 Å². The Kier molecular flexibility index (Phi) is 2.65. The third kappa shape index (κ3) is 1.85. The predicted molar refractivity (Wildman–Crippen MR) is 66.6 cm³/mol. The maximum absolute atomic E-state index is 12.2. The van der Waals surface area contributed by atoms with Crippen LogP contribution in [0.25, 0.3) is 10.9 Å². The number of fused-ring (bicyclic) bond motifs is 1. The Morgan fingerprint density at radius 1 is 1.47 bits per heavy atom. The predicted octanol–water partition coefficient (Wildman–Crippen LogP) is 3.18. The van der Waals surface area contributed by atoms with E-state index in [9.17, 15) is 4.79 Å². The van der Waals surface area contributed by atoms with E-state index in [2.05, 4.69) is 4.98 Å². The van der Waals surface area contributed by atoms with E-state index in [0.29, 0.717) is 17.2 Å². The van der Waals surface area contributed by atoms with Crippen LogP contribution < -0.4 is 0 Å². The average molecular weight is 250 g/mol. The van der Waals surface area contributed by atoms with Crippen LogP contribution >= 0.6 is 11.6 Å². The van der Waals surface area contributed by atoms with Crippen molar-refractivity contribution in [3.8, 4) is 0 Å². The van der Waals surface area contributed by atoms with Crippen molar-refractivity contribution in [3.63, 3.8) is 0 Å². The molecule has 2 heterocycles. The number of hydrogen-bond acceptors (Lipinski definition) is 2. The highest BCUT2D eigenvalue weighted by molar-refractivity contribution is 6.31. The molecular weight excluding hydrogens is 238 g/mol. The number of ether oxygens (including phenoxy) is 1. The normalized spacial score (nSPS) is 19.9. The highest BCUT2D eigenvalue weighted by atomic mass is 35.5. The van der Waals surface area contributed by atoms with Gasteiger partial charge in [0.25, 0.3) is 0 Å². The van der Waals surface area contributed by atoms with Crippen LogP contribution in [0.2, 0.25) is 5.02 Å². The van der Waals surface area contributed by atoms with E-state index < -0.39 is 0 Å². The van der Waals surface area contributed by atoms with Gasteiger partial charge in [-0.15, -0.1) is 0 Å². The molecule has 1 fully saturated rings. The summed E-state index contributed by atoms with van der Waals surface area (Å²) in [6.07, 6.45) is 3.23. The lowest BCUT2D eigenvalue weighted by Gasteiger charge is -2.06. The molecule has 3 rings (SSSR count). The summed E-state index contributed by atoms with van der Waals surface area (Å²) in [5.74, 6) is 0.0519. The van der Waals surface area contributed by atoms with Crippen molar-refractivity contribution >= 4 is 28.3 Å². The van der Waals surface area contributed by atoms with Crippen LogP contribution in [0.1, 0.15) is 23.2 Å². The molecule has 3 nitrogen and oxygen atoms in total. The number of carbonyl (C=O) groups excluding carboxylic acids is 1. The minimum atomic E-state index is -0.284. The number of ketones is 1. The first-order valence-corrected chi connectivity index (χ1v) is 6.06. The number of aromatic amines is 1. The van der Waals surface area contributed by atoms with Crippen molar-refractivity contribution in [3.05, 3.63) is 35.0 Å². The first-order chi connectivity index (χ1) is 8.25. The Balaban J connectivity index is 2.04. The first kappa shape index (κ1) is 10.8. The van der Waals surface area contributed by atoms with Crippen LogP contribution in [0.5, 0.6) is 0 Å². The van der Waals surface area contributed by atoms with E-state index in [4.69, 9.17) is 16.3 Å². The number of H-pyrrole nitrogens is 1. The van der Waals surface area contributed by atoms with Crippen LogP contribution in [0, 0.1) is 0 Å². The largest absolute Gasteiger partial charge is 0.370 e. The Morgan fingerprint density at radius 3 is 3.12 bits per heavy atom. The average Bonchev–Trinajstić information content (AvgIpc) is 2.97. The van der Waals surface area contributed by atoms with E-state index in [1.54, 1.807) is 12.3 Å². The molecule has 1 N–H and O–H groups in total. The quantitative estimate of drug-likeness (QED) is 0.831. The smallest absolute Gasteiger partial charge is 0.193 e. The Labute approximate surface area is 104 Å². The Morgan fingerprint density at radius 2 is 2.35 bits per heavy atom. The van der Waals surface area contributed by atoms with Gasteiger partial charge in [0.1, 0.15) is 6.10 Å². The summed E-state index contributed by atoms with van der Waals surface area (Å²) in [7, 11) is 0. The van der Waals surface area contributed by atoms with Crippen LogP contribution in [-0.4, -0.2) is 23.5 Å². The molecule has 0 spiro atoms. The number of carbonyl (C=O) groups is 1. The molecule has 1 aliphatic rings. The summed E-state index contributed by atoms with van der Waals surface area (Å²) in [6.45, 7) is 0.680. The SMILES string of the molecule is O=C(c1c[nH]c2ccc(Cl)cc12)C1CCCO1. The summed E-state index contributed by atoms with van der Waals surface area (Å²) in [5, 5.41) is 1.51. The molecular formula is C13H12ClNO2. The summed E-state index contributed by atoms with van der Waals surface area (Å²) in [5.41, 5.74) is 1.60. The van der Waals surface area contributed by atoms with Gasteiger partial charge in [-0.05, 0) is 31.0 Å². The second kappa shape index (κ2) is 4.17. The second-order valence-electron chi connectivity index (χ2n) is 4.26. The summed E-state index contributed by atoms with van der Waals surface area (Å²) >= 11 is 5.96. The zero-order valence-corrected chi connectivity index (χ0v) is 9.96. The molecule has 0 aliphatic carbocycles. The highest BCUT2D eigenvalue weighted by Gasteiger charge is 2.26. The molecule has 1 aromatic carbocycles. The molecule has 1 atom stereocenters. The summed E-state index contributed by atoms with van der Waals surface area (Å²) in [4.78, 5) is 15.3. The van der Waals surface area contributed by atoms with Crippen molar-refractivity contribution in [2.24, 2.45) is 0 Å². The van der Waals surface area contributed by atoms with E-state index in [1.165, 1.54) is 0 Å². The number of rotatable bonds is 2. The van der Waals surface area contributed by atoms with E-state index in [1.807, 2.05) is 12.1 Å². The number of Topliss-reactive ketones (excluding diaryl/α,β-unsaturated/α-hetero) is 1. The van der Waals surface area contributed by atoms with Gasteiger partial charge in [-0.3, -0.25) is 4.79 Å². The van der Waals surface area contributed by atoms with Crippen molar-refractivity contribution in [2.75, 3.05) is 6.61 Å². The molecule has 1 saturated heterocycles. The topological polar surface area (TPSA) is 42.1 Å². The van der Waals surface area contributed by atoms with E-state index >= 15 is 0 Å². The van der Waals surface area contributed by atoms with Gasteiger partial charge in [-0.25, -0.2) is 0 Å². The number of hydrogen-bond donors (Lipinski definition) is 1. The van der Waals surface area contributed by atoms with Crippen molar-refractivity contribution in [1.29, 1.82) is 0 Å². The standard InChI is InChI=1S/C13H12ClNO2/c14-8-3-4-11-9(6-8)10(7-15-11)13(16)12-2-1-5-17-12/h3-4,6-7,12,15H,1-2,5H2. The second-order valence-corrected chi connectivity index (χ2v) is 4.69. The highest BCUT2D eigenvalue weighted by Crippen LogP contribution is 2.26. The molecule has 1 aliphatic heterocycles. The van der Waals surface area contributed by atoms with Crippen LogP contribution in [0.4, 0.5) is 0 Å². The zero-order chi connectivity index (χ0) is 11.8. The number of nitrogens with one attached hydrogen (secondary N) is 1. The molecule has 17 heavy (non-hydrogen) atoms. The zero-order valence-electron chi connectivity index (χ0n) is 9.20. The molecule has 4 heteroatoms. The third-order valence-electron chi connectivity index (χ3n) is 3.13. The molecule has 0 amide bonds. The van der Waals surface area contributed by atoms with Crippen LogP contribution in [0.15, 0.2) is 24.4 Å². The lowest BCUT2D eigenvalue weighted by Crippen LogP contribution is -2.18. The monoisotopic (exact) mass is 249 g/mol. The lowest BCUT2D eigenvalue weighted by atomic mass is 10.0. The van der Waals surface area contributed by atoms with Crippen molar-refractivity contribution in [1.82, 2.24) is 4.98 Å². The maximum Gasteiger partial charge on any atom is 0.193 e. The molecule has 0 bridgehead atoms. The van der Waals surface area contributed by atoms with Gasteiger partial charge in [0, 0.05) is 34.3 Å². The maximum atomic E-state index is 12.2. The molecule has 1 aromatic heterocycles. The van der Waals surface area contributed by atoms with Crippen molar-refractivity contribution < 1.29 is 9.53 Å². The molecule has 1 unspecified atom stereocenters. The Bertz CT molecular complexity index is 570. The molecule has 88 valence electrons. The van der Waals surface area contributed by atoms with Gasteiger partial charge in [-0.2, -0.15) is 0 Å². The summed E-state index contributed by atoms with van der Waals surface area (Å²) in [6, 6.07) is 5.50. The first-order valence-electron chi connectivity index (χ1n) is 5.68. The fraction of sp³-hybridized carbons (Fsp3) is 0.308. The molecule has 0 saturated carbocycles. The molecule has 2 aromatic rings. The van der Waals surface area contributed by atoms with Gasteiger partial charge >= 0.3 is 0 Å². The Hall–Kier alpha value is -1.32. The third-order valence-corrected chi connectivity index (χ3v) is 3.37. The van der Waals surface area contributed by atoms with Gasteiger partial charge in [0.2, 0.25) is 0 Å². The van der Waals surface area contributed by atoms with Crippen LogP contribution in [-0.2, 0) is 4.74 Å². The van der Waals surface area contributed by atoms with E-state index in [-0.39, 0.29) is 11.9 Å². The lowest BCUT2D eigenvalue weighted by molar-refractivity contribution is 0.0644. The van der Waals surface area contributed by atoms with E-state index in [0.717, 1.165) is 23.7 Å². The minimum Gasteiger partial charge on any atom is -0.370 e. The number of aromatic nitrogens is 1. The fourth-order valence-corrected chi connectivity index (χ4v) is 2.43. The van der Waals surface area contributed by atoms with Gasteiger partial charge < -0.3 is 9.72 Å². The number of benzene rings is 1. The number of halogens is 1. The summed E-state index contributed by atoms with van der Waals surface area (Å²) < 4.78 is 5.42. The van der Waals surface area contributed by atoms with Gasteiger partial charge in [0.15, 0.2) is 5.78 Å². The molecule has 0 radical (unpaired) electrons.